The Morgan fingerprint density at radius 3 is 2.65 bits per heavy atom. The summed E-state index contributed by atoms with van der Waals surface area (Å²) in [4.78, 5) is 28.5. The van der Waals surface area contributed by atoms with Crippen molar-refractivity contribution in [3.8, 4) is 17.2 Å². The summed E-state index contributed by atoms with van der Waals surface area (Å²) in [5.41, 5.74) is 1.88. The number of rotatable bonds is 9. The van der Waals surface area contributed by atoms with Gasteiger partial charge < -0.3 is 19.3 Å². The number of amides is 1. The predicted molar refractivity (Wildman–Crippen MR) is 165 cm³/mol. The summed E-state index contributed by atoms with van der Waals surface area (Å²) in [5.74, 6) is 0.220. The number of nitrogens with zero attached hydrogens (tertiary/aromatic N) is 3. The van der Waals surface area contributed by atoms with Crippen molar-refractivity contribution in [2.75, 3.05) is 24.7 Å². The van der Waals surface area contributed by atoms with Crippen LogP contribution in [0, 0.1) is 0 Å². The minimum Gasteiger partial charge on any atom is -0.507 e. The first-order chi connectivity index (χ1) is 20.9. The average molecular weight is 636 g/mol. The highest BCUT2D eigenvalue weighted by atomic mass is 35.5. The smallest absolute Gasteiger partial charge is 0.301 e. The van der Waals surface area contributed by atoms with Crippen molar-refractivity contribution >= 4 is 57.3 Å². The molecule has 0 spiro atoms. The molecule has 1 aromatic heterocycles. The SMILES string of the molecule is CCCOc1cccc(C2/C(=C(\O)c3ccc4c(c3)OCCO4)C(=O)C(=O)N2c2nnc(SCc3ccc(Cl)cc3)s2)c1. The first kappa shape index (κ1) is 29.0. The van der Waals surface area contributed by atoms with E-state index in [1.54, 1.807) is 36.4 Å². The van der Waals surface area contributed by atoms with Crippen LogP contribution >= 0.6 is 34.7 Å². The maximum atomic E-state index is 13.6. The molecule has 1 N–H and O–H groups in total. The summed E-state index contributed by atoms with van der Waals surface area (Å²) in [6.45, 7) is 3.29. The van der Waals surface area contributed by atoms with E-state index in [0.717, 1.165) is 12.0 Å². The van der Waals surface area contributed by atoms with E-state index < -0.39 is 17.7 Å². The topological polar surface area (TPSA) is 111 Å². The number of ketones is 1. The molecule has 43 heavy (non-hydrogen) atoms. The summed E-state index contributed by atoms with van der Waals surface area (Å²) < 4.78 is 17.7. The third kappa shape index (κ3) is 6.06. The summed E-state index contributed by atoms with van der Waals surface area (Å²) in [5, 5.41) is 21.0. The molecule has 1 unspecified atom stereocenters. The first-order valence-corrected chi connectivity index (χ1v) is 15.8. The van der Waals surface area contributed by atoms with Gasteiger partial charge in [0.25, 0.3) is 5.78 Å². The molecule has 0 bridgehead atoms. The molecule has 2 aliphatic heterocycles. The van der Waals surface area contributed by atoms with E-state index in [0.29, 0.717) is 63.3 Å². The third-order valence-electron chi connectivity index (χ3n) is 6.78. The number of aromatic nitrogens is 2. The zero-order valence-electron chi connectivity index (χ0n) is 23.0. The number of anilines is 1. The number of Topliss-reactive ketones (excluding diaryl/α,β-unsaturated/α-hetero) is 1. The average Bonchev–Trinajstić information content (AvgIpc) is 3.61. The quantitative estimate of drug-likeness (QED) is 0.0708. The lowest BCUT2D eigenvalue weighted by Gasteiger charge is -2.23. The van der Waals surface area contributed by atoms with Gasteiger partial charge in [-0.15, -0.1) is 10.2 Å². The van der Waals surface area contributed by atoms with Gasteiger partial charge in [-0.05, 0) is 60.0 Å². The molecule has 220 valence electrons. The fourth-order valence-electron chi connectivity index (χ4n) is 4.77. The number of hydrogen-bond donors (Lipinski definition) is 1. The van der Waals surface area contributed by atoms with Crippen molar-refractivity contribution in [2.45, 2.75) is 29.5 Å². The molecule has 3 heterocycles. The van der Waals surface area contributed by atoms with Crippen LogP contribution in [0.4, 0.5) is 5.13 Å². The van der Waals surface area contributed by atoms with Crippen LogP contribution in [0.3, 0.4) is 0 Å². The highest BCUT2D eigenvalue weighted by molar-refractivity contribution is 8.00. The number of ether oxygens (including phenoxy) is 3. The minimum absolute atomic E-state index is 0.0695. The van der Waals surface area contributed by atoms with E-state index in [9.17, 15) is 14.7 Å². The number of benzene rings is 3. The van der Waals surface area contributed by atoms with Gasteiger partial charge in [-0.3, -0.25) is 14.5 Å². The zero-order chi connectivity index (χ0) is 29.9. The van der Waals surface area contributed by atoms with E-state index in [4.69, 9.17) is 25.8 Å². The molecule has 2 aliphatic rings. The van der Waals surface area contributed by atoms with Crippen molar-refractivity contribution in [1.29, 1.82) is 0 Å². The van der Waals surface area contributed by atoms with Gasteiger partial charge in [0.05, 0.1) is 18.2 Å². The Kier molecular flexibility index (Phi) is 8.55. The van der Waals surface area contributed by atoms with Crippen LogP contribution in [0.15, 0.2) is 76.6 Å². The van der Waals surface area contributed by atoms with Crippen molar-refractivity contribution in [2.24, 2.45) is 0 Å². The number of aliphatic hydroxyl groups is 1. The Bertz CT molecular complexity index is 1710. The van der Waals surface area contributed by atoms with Gasteiger partial charge in [0.15, 0.2) is 15.8 Å². The van der Waals surface area contributed by atoms with Gasteiger partial charge in [0.2, 0.25) is 5.13 Å². The second-order valence-electron chi connectivity index (χ2n) is 9.71. The number of thioether (sulfide) groups is 1. The molecule has 4 aromatic rings. The molecule has 1 atom stereocenters. The zero-order valence-corrected chi connectivity index (χ0v) is 25.4. The number of carbonyl (C=O) groups excluding carboxylic acids is 2. The Morgan fingerprint density at radius 1 is 1.07 bits per heavy atom. The molecule has 1 saturated heterocycles. The lowest BCUT2D eigenvalue weighted by atomic mass is 9.95. The molecule has 6 rings (SSSR count). The maximum absolute atomic E-state index is 13.6. The Balaban J connectivity index is 1.39. The van der Waals surface area contributed by atoms with Crippen LogP contribution < -0.4 is 19.1 Å². The molecule has 1 amide bonds. The Labute approximate surface area is 261 Å². The number of halogens is 1. The number of fused-ring (bicyclic) bond motifs is 1. The third-order valence-corrected chi connectivity index (χ3v) is 9.16. The van der Waals surface area contributed by atoms with E-state index >= 15 is 0 Å². The van der Waals surface area contributed by atoms with Crippen LogP contribution in [0.2, 0.25) is 5.02 Å². The molecule has 0 radical (unpaired) electrons. The number of aliphatic hydroxyl groups excluding tert-OH is 1. The molecular formula is C31H26ClN3O6S2. The standard InChI is InChI=1S/C31H26ClN3O6S2/c1-2-12-39-22-5-3-4-19(15-22)26-25(27(36)20-8-11-23-24(16-20)41-14-13-40-23)28(37)29(38)35(26)30-33-34-31(43-30)42-17-18-6-9-21(32)10-7-18/h3-11,15-16,26,36H,2,12-14,17H2,1H3/b27-25+. The van der Waals surface area contributed by atoms with Gasteiger partial charge in [-0.25, -0.2) is 0 Å². The second kappa shape index (κ2) is 12.7. The molecule has 0 aliphatic carbocycles. The fraction of sp³-hybridized carbons (Fsp3) is 0.226. The normalized spacial score (nSPS) is 17.3. The van der Waals surface area contributed by atoms with Crippen LogP contribution in [0.5, 0.6) is 17.2 Å². The van der Waals surface area contributed by atoms with Gasteiger partial charge >= 0.3 is 5.91 Å². The van der Waals surface area contributed by atoms with Crippen LogP contribution in [0.25, 0.3) is 5.76 Å². The Morgan fingerprint density at radius 2 is 1.86 bits per heavy atom. The van der Waals surface area contributed by atoms with Crippen molar-refractivity contribution < 1.29 is 28.9 Å². The maximum Gasteiger partial charge on any atom is 0.301 e. The predicted octanol–water partition coefficient (Wildman–Crippen LogP) is 6.67. The number of carbonyl (C=O) groups is 2. The minimum atomic E-state index is -0.972. The second-order valence-corrected chi connectivity index (χ2v) is 12.3. The molecule has 3 aromatic carbocycles. The van der Waals surface area contributed by atoms with Gasteiger partial charge in [0, 0.05) is 16.3 Å². The monoisotopic (exact) mass is 635 g/mol. The molecule has 9 nitrogen and oxygen atoms in total. The lowest BCUT2D eigenvalue weighted by Crippen LogP contribution is -2.29. The first-order valence-electron chi connectivity index (χ1n) is 13.6. The molecule has 12 heteroatoms. The van der Waals surface area contributed by atoms with Crippen molar-refractivity contribution in [1.82, 2.24) is 10.2 Å². The largest absolute Gasteiger partial charge is 0.507 e. The summed E-state index contributed by atoms with van der Waals surface area (Å²) in [6, 6.07) is 18.6. The molecular weight excluding hydrogens is 610 g/mol. The summed E-state index contributed by atoms with van der Waals surface area (Å²) in [6.07, 6.45) is 0.814. The fourth-order valence-corrected chi connectivity index (χ4v) is 6.72. The highest BCUT2D eigenvalue weighted by Crippen LogP contribution is 2.45. The van der Waals surface area contributed by atoms with Crippen molar-refractivity contribution in [3.63, 3.8) is 0 Å². The Hall–Kier alpha value is -4.06. The molecule has 1 fully saturated rings. The van der Waals surface area contributed by atoms with Crippen LogP contribution in [-0.2, 0) is 15.3 Å². The molecule has 0 saturated carbocycles. The summed E-state index contributed by atoms with van der Waals surface area (Å²) in [7, 11) is 0. The van der Waals surface area contributed by atoms with Gasteiger partial charge in [-0.1, -0.05) is 65.9 Å². The van der Waals surface area contributed by atoms with Crippen molar-refractivity contribution in [3.05, 3.63) is 94.0 Å². The van der Waals surface area contributed by atoms with E-state index in [2.05, 4.69) is 10.2 Å². The lowest BCUT2D eigenvalue weighted by molar-refractivity contribution is -0.132. The highest BCUT2D eigenvalue weighted by Gasteiger charge is 2.48. The van der Waals surface area contributed by atoms with E-state index in [1.165, 1.54) is 28.0 Å². The van der Waals surface area contributed by atoms with Crippen LogP contribution in [-0.4, -0.2) is 46.8 Å². The number of hydrogen-bond acceptors (Lipinski definition) is 10. The summed E-state index contributed by atoms with van der Waals surface area (Å²) >= 11 is 8.66. The van der Waals surface area contributed by atoms with E-state index in [-0.39, 0.29) is 16.5 Å². The van der Waals surface area contributed by atoms with Crippen LogP contribution in [0.1, 0.15) is 36.1 Å². The van der Waals surface area contributed by atoms with E-state index in [1.807, 2.05) is 37.3 Å². The van der Waals surface area contributed by atoms with Gasteiger partial charge in [-0.2, -0.15) is 0 Å². The van der Waals surface area contributed by atoms with Gasteiger partial charge in [0.1, 0.15) is 24.7 Å².